The van der Waals surface area contributed by atoms with Crippen LogP contribution in [0, 0.1) is 17.6 Å². The molecule has 1 aromatic rings. The summed E-state index contributed by atoms with van der Waals surface area (Å²) in [6, 6.07) is 3.94. The van der Waals surface area contributed by atoms with Gasteiger partial charge in [0.15, 0.2) is 0 Å². The van der Waals surface area contributed by atoms with Crippen LogP contribution in [0.25, 0.3) is 0 Å². The molecule has 2 amide bonds. The van der Waals surface area contributed by atoms with Gasteiger partial charge in [-0.2, -0.15) is 0 Å². The van der Waals surface area contributed by atoms with Crippen molar-refractivity contribution in [3.63, 3.8) is 0 Å². The Balaban J connectivity index is 1.72. The predicted molar refractivity (Wildman–Crippen MR) is 94.5 cm³/mol. The highest BCUT2D eigenvalue weighted by Crippen LogP contribution is 2.42. The number of nitrogens with one attached hydrogen (secondary N) is 1. The van der Waals surface area contributed by atoms with Crippen molar-refractivity contribution >= 4 is 11.8 Å². The van der Waals surface area contributed by atoms with Gasteiger partial charge in [0.25, 0.3) is 0 Å². The molecule has 6 heteroatoms. The Morgan fingerprint density at radius 2 is 1.85 bits per heavy atom. The Morgan fingerprint density at radius 3 is 2.46 bits per heavy atom. The average Bonchev–Trinajstić information content (AvgIpc) is 3.09. The topological polar surface area (TPSA) is 49.4 Å². The minimum atomic E-state index is -0.681. The fourth-order valence-electron chi connectivity index (χ4n) is 4.45. The number of nitrogens with zero attached hydrogens (tertiary/aromatic N) is 1. The normalized spacial score (nSPS) is 22.3. The Labute approximate surface area is 152 Å². The van der Waals surface area contributed by atoms with Crippen LogP contribution in [0.4, 0.5) is 8.78 Å². The first kappa shape index (κ1) is 18.8. The molecule has 0 radical (unpaired) electrons. The van der Waals surface area contributed by atoms with Crippen molar-refractivity contribution < 1.29 is 18.4 Å². The van der Waals surface area contributed by atoms with Crippen LogP contribution >= 0.6 is 0 Å². The van der Waals surface area contributed by atoms with Gasteiger partial charge < -0.3 is 10.2 Å². The molecular weight excluding hydrogens is 338 g/mol. The molecule has 0 spiro atoms. The van der Waals surface area contributed by atoms with Gasteiger partial charge in [0, 0.05) is 37.5 Å². The molecule has 1 N–H and O–H groups in total. The molecule has 1 atom stereocenters. The predicted octanol–water partition coefficient (Wildman–Crippen LogP) is 3.15. The largest absolute Gasteiger partial charge is 0.355 e. The highest BCUT2D eigenvalue weighted by atomic mass is 19.1. The third-order valence-electron chi connectivity index (χ3n) is 5.89. The molecule has 1 unspecified atom stereocenters. The standard InChI is InChI=1S/C20H26F2N2O2/c1-14(25)24-11-5-6-15(12-24)19(26)23-13-20(9-2-3-10-20)18-16(21)7-4-8-17(18)22/h4,7-8,15H,2-3,5-6,9-13H2,1H3,(H,23,26). The number of likely N-dealkylation sites (tertiary alicyclic amines) is 1. The van der Waals surface area contributed by atoms with Crippen LogP contribution in [0.15, 0.2) is 18.2 Å². The van der Waals surface area contributed by atoms with Crippen LogP contribution in [0.5, 0.6) is 0 Å². The van der Waals surface area contributed by atoms with Gasteiger partial charge in [-0.3, -0.25) is 9.59 Å². The van der Waals surface area contributed by atoms with E-state index in [2.05, 4.69) is 5.32 Å². The molecular formula is C20H26F2N2O2. The maximum atomic E-state index is 14.4. The fourth-order valence-corrected chi connectivity index (χ4v) is 4.45. The molecule has 1 saturated heterocycles. The molecule has 1 saturated carbocycles. The van der Waals surface area contributed by atoms with Crippen LogP contribution in [0.3, 0.4) is 0 Å². The molecule has 1 aliphatic carbocycles. The third-order valence-corrected chi connectivity index (χ3v) is 5.89. The SMILES string of the molecule is CC(=O)N1CCCC(C(=O)NCC2(c3c(F)cccc3F)CCCC2)C1. The zero-order chi connectivity index (χ0) is 18.7. The number of carbonyl (C=O) groups excluding carboxylic acids is 2. The Hall–Kier alpha value is -1.98. The summed E-state index contributed by atoms with van der Waals surface area (Å²) in [5, 5.41) is 2.94. The van der Waals surface area contributed by atoms with E-state index in [1.165, 1.54) is 25.1 Å². The van der Waals surface area contributed by atoms with Crippen molar-refractivity contribution in [3.8, 4) is 0 Å². The Morgan fingerprint density at radius 1 is 1.19 bits per heavy atom. The summed E-state index contributed by atoms with van der Waals surface area (Å²) in [6.07, 6.45) is 4.64. The number of benzene rings is 1. The summed E-state index contributed by atoms with van der Waals surface area (Å²) in [7, 11) is 0. The molecule has 0 bridgehead atoms. The third kappa shape index (κ3) is 3.74. The van der Waals surface area contributed by atoms with Gasteiger partial charge in [0.1, 0.15) is 11.6 Å². The molecule has 1 heterocycles. The lowest BCUT2D eigenvalue weighted by Gasteiger charge is -2.34. The van der Waals surface area contributed by atoms with Crippen molar-refractivity contribution in [3.05, 3.63) is 35.4 Å². The maximum Gasteiger partial charge on any atom is 0.224 e. The number of hydrogen-bond acceptors (Lipinski definition) is 2. The molecule has 1 aliphatic heterocycles. The van der Waals surface area contributed by atoms with Crippen molar-refractivity contribution in [1.29, 1.82) is 0 Å². The molecule has 0 aromatic heterocycles. The van der Waals surface area contributed by atoms with E-state index in [-0.39, 0.29) is 29.8 Å². The first-order valence-electron chi connectivity index (χ1n) is 9.41. The van der Waals surface area contributed by atoms with Crippen LogP contribution in [0.2, 0.25) is 0 Å². The summed E-state index contributed by atoms with van der Waals surface area (Å²) in [4.78, 5) is 25.9. The highest BCUT2D eigenvalue weighted by Gasteiger charge is 2.40. The van der Waals surface area contributed by atoms with E-state index < -0.39 is 17.0 Å². The lowest BCUT2D eigenvalue weighted by Crippen LogP contribution is -2.47. The van der Waals surface area contributed by atoms with Crippen molar-refractivity contribution in [2.75, 3.05) is 19.6 Å². The first-order chi connectivity index (χ1) is 12.4. The van der Waals surface area contributed by atoms with Crippen molar-refractivity contribution in [1.82, 2.24) is 10.2 Å². The van der Waals surface area contributed by atoms with E-state index in [1.807, 2.05) is 0 Å². The van der Waals surface area contributed by atoms with E-state index >= 15 is 0 Å². The Kier molecular flexibility index (Phi) is 5.58. The minimum Gasteiger partial charge on any atom is -0.355 e. The molecule has 3 rings (SSSR count). The van der Waals surface area contributed by atoms with E-state index in [1.54, 1.807) is 4.90 Å². The molecule has 4 nitrogen and oxygen atoms in total. The lowest BCUT2D eigenvalue weighted by atomic mass is 9.78. The Bertz CT molecular complexity index is 666. The first-order valence-corrected chi connectivity index (χ1v) is 9.41. The second-order valence-electron chi connectivity index (χ2n) is 7.61. The fraction of sp³-hybridized carbons (Fsp3) is 0.600. The average molecular weight is 364 g/mol. The van der Waals surface area contributed by atoms with Gasteiger partial charge in [-0.1, -0.05) is 18.9 Å². The summed E-state index contributed by atoms with van der Waals surface area (Å²) < 4.78 is 28.7. The maximum absolute atomic E-state index is 14.4. The van der Waals surface area contributed by atoms with E-state index in [0.717, 1.165) is 25.7 Å². The van der Waals surface area contributed by atoms with E-state index in [0.29, 0.717) is 25.9 Å². The van der Waals surface area contributed by atoms with Gasteiger partial charge in [-0.05, 0) is 37.8 Å². The van der Waals surface area contributed by atoms with Crippen LogP contribution in [-0.2, 0) is 15.0 Å². The van der Waals surface area contributed by atoms with Gasteiger partial charge in [0.05, 0.1) is 5.92 Å². The molecule has 2 aliphatic rings. The van der Waals surface area contributed by atoms with Crippen LogP contribution < -0.4 is 5.32 Å². The van der Waals surface area contributed by atoms with E-state index in [4.69, 9.17) is 0 Å². The van der Waals surface area contributed by atoms with Crippen LogP contribution in [-0.4, -0.2) is 36.3 Å². The minimum absolute atomic E-state index is 0.0248. The second kappa shape index (κ2) is 7.72. The molecule has 1 aromatic carbocycles. The van der Waals surface area contributed by atoms with Crippen molar-refractivity contribution in [2.24, 2.45) is 5.92 Å². The zero-order valence-corrected chi connectivity index (χ0v) is 15.2. The summed E-state index contributed by atoms with van der Waals surface area (Å²) in [5.41, 5.74) is -0.577. The van der Waals surface area contributed by atoms with E-state index in [9.17, 15) is 18.4 Å². The zero-order valence-electron chi connectivity index (χ0n) is 15.2. The lowest BCUT2D eigenvalue weighted by molar-refractivity contribution is -0.134. The smallest absolute Gasteiger partial charge is 0.224 e. The number of halogens is 2. The van der Waals surface area contributed by atoms with Gasteiger partial charge in [-0.25, -0.2) is 8.78 Å². The number of carbonyl (C=O) groups is 2. The quantitative estimate of drug-likeness (QED) is 0.892. The molecule has 26 heavy (non-hydrogen) atoms. The van der Waals surface area contributed by atoms with Crippen LogP contribution in [0.1, 0.15) is 51.0 Å². The summed E-state index contributed by atoms with van der Waals surface area (Å²) in [6.45, 7) is 2.85. The van der Waals surface area contributed by atoms with Crippen molar-refractivity contribution in [2.45, 2.75) is 50.9 Å². The number of piperidine rings is 1. The number of rotatable bonds is 4. The molecule has 2 fully saturated rings. The van der Waals surface area contributed by atoms with Gasteiger partial charge in [0.2, 0.25) is 11.8 Å². The number of amides is 2. The summed E-state index contributed by atoms with van der Waals surface area (Å²) >= 11 is 0. The second-order valence-corrected chi connectivity index (χ2v) is 7.61. The molecule has 142 valence electrons. The monoisotopic (exact) mass is 364 g/mol. The summed E-state index contributed by atoms with van der Waals surface area (Å²) in [5.74, 6) is -1.48. The van der Waals surface area contributed by atoms with Gasteiger partial charge >= 0.3 is 0 Å². The van der Waals surface area contributed by atoms with Gasteiger partial charge in [-0.15, -0.1) is 0 Å². The number of hydrogen-bond donors (Lipinski definition) is 1. The highest BCUT2D eigenvalue weighted by molar-refractivity contribution is 5.80.